The van der Waals surface area contributed by atoms with E-state index >= 15 is 4.79 Å². The lowest BCUT2D eigenvalue weighted by atomic mass is 9.91. The first kappa shape index (κ1) is 64.4. The van der Waals surface area contributed by atoms with Gasteiger partial charge in [0.05, 0.1) is 18.9 Å². The molecule has 0 saturated carbocycles. The highest BCUT2D eigenvalue weighted by Crippen LogP contribution is 2.32. The number of rotatable bonds is 27. The smallest absolute Gasteiger partial charge is 0.408 e. The number of ether oxygens (including phenoxy) is 1. The molecule has 2 rings (SSSR count). The lowest BCUT2D eigenvalue weighted by molar-refractivity contribution is -0.966. The van der Waals surface area contributed by atoms with E-state index < -0.39 is 101 Å². The average Bonchev–Trinajstić information content (AvgIpc) is 3.31. The number of nitrogens with zero attached hydrogens (tertiary/aromatic N) is 7. The van der Waals surface area contributed by atoms with Gasteiger partial charge in [0, 0.05) is 34.4 Å². The fourth-order valence-corrected chi connectivity index (χ4v) is 10.6. The lowest BCUT2D eigenvalue weighted by Gasteiger charge is -2.48. The summed E-state index contributed by atoms with van der Waals surface area (Å²) in [5.41, 5.74) is -0.804. The Morgan fingerprint density at radius 2 is 1.38 bits per heavy atom. The SMILES string of the molecule is C/C=C/C[C@@H](C)[C@@H](O)[C@@H](C(=O)N[C@@H](CC)C(=O)N1CC(=O)[N+]1(C)CCSSc1ccccn1)N(C)C(=O)[C@H](C(C)C)N(C)C(=O)[C@H](CC(C)C)N(C)C(=O)[C@H](CC(C)C)N(C)C(=O)[C@@H](C)NC(=O)OC(C)(C)C. The van der Waals surface area contributed by atoms with Crippen LogP contribution in [0.5, 0.6) is 0 Å². The second-order valence-corrected chi connectivity index (χ2v) is 24.0. The summed E-state index contributed by atoms with van der Waals surface area (Å²) in [6, 6.07) is -1.40. The van der Waals surface area contributed by atoms with Gasteiger partial charge in [0.25, 0.3) is 5.91 Å². The van der Waals surface area contributed by atoms with Crippen molar-refractivity contribution >= 4 is 69.0 Å². The molecule has 0 bridgehead atoms. The molecule has 1 aliphatic heterocycles. The summed E-state index contributed by atoms with van der Waals surface area (Å²) in [6.07, 6.45) is 4.08. The van der Waals surface area contributed by atoms with Crippen molar-refractivity contribution in [2.24, 2.45) is 23.7 Å². The summed E-state index contributed by atoms with van der Waals surface area (Å²) in [4.78, 5) is 122. The number of quaternary nitrogens is 1. The Morgan fingerprint density at radius 1 is 0.836 bits per heavy atom. The minimum absolute atomic E-state index is 0.0599. The molecule has 1 aromatic heterocycles. The molecule has 1 unspecified atom stereocenters. The Labute approximate surface area is 443 Å². The van der Waals surface area contributed by atoms with Crippen molar-refractivity contribution in [1.29, 1.82) is 0 Å². The fourth-order valence-electron chi connectivity index (χ4n) is 8.64. The van der Waals surface area contributed by atoms with Crippen LogP contribution in [0.4, 0.5) is 4.79 Å². The van der Waals surface area contributed by atoms with Crippen LogP contribution in [0.1, 0.15) is 116 Å². The molecule has 1 aliphatic rings. The molecule has 2 heterocycles. The van der Waals surface area contributed by atoms with Crippen molar-refractivity contribution in [3.05, 3.63) is 36.5 Å². The standard InChI is InChI=1S/C52H87N9O10S2/c1-19-21-24-35(9)44(63)43(45(64)55-37(20-2)47(66)60-31-41(62)61(60,18)27-28-72-73-40-25-22-23-26-53-40)59(17)50(69)42(34(7)8)58(16)49(68)39(30-33(5)6)57(15)48(67)38(29-32(3)4)56(14)46(65)36(10)54-51(70)71-52(11,12)13/h19,21-23,25-26,32-39,42-44,63H,20,24,27-31H2,1-18H3,(H-,54,55,64,70)/p+1/b21-19+/t35-,36-,37+,38+,39+,42+,43+,44-,61?/m1/s1. The first-order valence-corrected chi connectivity index (χ1v) is 27.7. The number of amides is 8. The molecule has 412 valence electrons. The fraction of sp³-hybridized carbons (Fsp3) is 0.712. The molecule has 0 aliphatic carbocycles. The summed E-state index contributed by atoms with van der Waals surface area (Å²) in [5, 5.41) is 19.6. The molecule has 21 heteroatoms. The van der Waals surface area contributed by atoms with E-state index in [1.807, 2.05) is 65.0 Å². The highest BCUT2D eigenvalue weighted by molar-refractivity contribution is 8.76. The van der Waals surface area contributed by atoms with Crippen molar-refractivity contribution in [2.45, 2.75) is 169 Å². The van der Waals surface area contributed by atoms with Crippen molar-refractivity contribution in [2.75, 3.05) is 54.1 Å². The van der Waals surface area contributed by atoms with E-state index in [0.29, 0.717) is 18.7 Å². The molecular weight excluding hydrogens is 975 g/mol. The van der Waals surface area contributed by atoms with Gasteiger partial charge in [-0.2, -0.15) is 9.60 Å². The van der Waals surface area contributed by atoms with Crippen LogP contribution in [0.2, 0.25) is 0 Å². The Hall–Kier alpha value is -4.73. The summed E-state index contributed by atoms with van der Waals surface area (Å²) in [5.74, 6) is -4.42. The molecule has 1 aromatic rings. The maximum Gasteiger partial charge on any atom is 0.408 e. The second kappa shape index (κ2) is 28.8. The predicted molar refractivity (Wildman–Crippen MR) is 286 cm³/mol. The van der Waals surface area contributed by atoms with Crippen LogP contribution in [0.25, 0.3) is 0 Å². The van der Waals surface area contributed by atoms with Crippen LogP contribution >= 0.6 is 21.6 Å². The third-order valence-electron chi connectivity index (χ3n) is 13.1. The Kier molecular flexibility index (Phi) is 25.4. The molecular formula is C52H88N9O10S2+. The number of pyridine rings is 1. The maximum absolute atomic E-state index is 15.0. The Bertz CT molecular complexity index is 2070. The Morgan fingerprint density at radius 3 is 1.86 bits per heavy atom. The number of hydrogen-bond acceptors (Lipinski definition) is 13. The second-order valence-electron chi connectivity index (χ2n) is 21.6. The van der Waals surface area contributed by atoms with E-state index in [1.165, 1.54) is 76.4 Å². The maximum atomic E-state index is 15.0. The summed E-state index contributed by atoms with van der Waals surface area (Å²) in [6.45, 7) is 23.2. The van der Waals surface area contributed by atoms with Crippen LogP contribution in [0, 0.1) is 23.7 Å². The van der Waals surface area contributed by atoms with Gasteiger partial charge in [-0.1, -0.05) is 84.4 Å². The number of hydrogen-bond donors (Lipinski definition) is 3. The van der Waals surface area contributed by atoms with E-state index in [9.17, 15) is 38.7 Å². The molecule has 0 radical (unpaired) electrons. The van der Waals surface area contributed by atoms with Crippen LogP contribution in [-0.4, -0.2) is 189 Å². The predicted octanol–water partition coefficient (Wildman–Crippen LogP) is 5.38. The third-order valence-corrected chi connectivity index (χ3v) is 15.3. The number of allylic oxidation sites excluding steroid dienone is 2. The van der Waals surface area contributed by atoms with Crippen molar-refractivity contribution in [1.82, 2.24) is 40.2 Å². The number of alkyl carbamates (subject to hydrolysis) is 1. The molecule has 73 heavy (non-hydrogen) atoms. The van der Waals surface area contributed by atoms with E-state index in [4.69, 9.17) is 4.74 Å². The third kappa shape index (κ3) is 18.0. The highest BCUT2D eigenvalue weighted by Gasteiger charge is 2.55. The van der Waals surface area contributed by atoms with Crippen LogP contribution in [0.3, 0.4) is 0 Å². The monoisotopic (exact) mass is 1060 g/mol. The number of likely N-dealkylation sites (N-methyl/N-ethyl adjacent to an activating group) is 5. The summed E-state index contributed by atoms with van der Waals surface area (Å²) < 4.78 is 5.06. The van der Waals surface area contributed by atoms with Crippen molar-refractivity contribution in [3.63, 3.8) is 0 Å². The first-order chi connectivity index (χ1) is 33.9. The van der Waals surface area contributed by atoms with E-state index in [0.717, 1.165) is 9.93 Å². The number of aliphatic hydroxyl groups is 1. The normalized spacial score (nSPS) is 18.2. The highest BCUT2D eigenvalue weighted by atomic mass is 33.1. The van der Waals surface area contributed by atoms with Gasteiger partial charge in [-0.3, -0.25) is 28.8 Å². The zero-order valence-electron chi connectivity index (χ0n) is 46.8. The van der Waals surface area contributed by atoms with Gasteiger partial charge >= 0.3 is 12.0 Å². The zero-order chi connectivity index (χ0) is 55.9. The molecule has 0 spiro atoms. The minimum atomic E-state index is -1.52. The Balaban J connectivity index is 2.49. The largest absolute Gasteiger partial charge is 0.444 e. The lowest BCUT2D eigenvalue weighted by Crippen LogP contribution is -2.77. The van der Waals surface area contributed by atoms with Gasteiger partial charge in [-0.15, -0.1) is 0 Å². The van der Waals surface area contributed by atoms with Gasteiger partial charge < -0.3 is 40.1 Å². The number of nitrogens with one attached hydrogen (secondary N) is 2. The van der Waals surface area contributed by atoms with Gasteiger partial charge in [0.1, 0.15) is 53.4 Å². The van der Waals surface area contributed by atoms with Crippen LogP contribution in [-0.2, 0) is 38.3 Å². The number of carbonyl (C=O) groups is 8. The van der Waals surface area contributed by atoms with Gasteiger partial charge in [0.2, 0.25) is 29.5 Å². The van der Waals surface area contributed by atoms with Gasteiger partial charge in [0.15, 0.2) is 6.54 Å². The molecule has 9 atom stereocenters. The van der Waals surface area contributed by atoms with Crippen molar-refractivity contribution < 1.29 is 52.8 Å². The summed E-state index contributed by atoms with van der Waals surface area (Å²) in [7, 11) is 10.5. The zero-order valence-corrected chi connectivity index (χ0v) is 48.5. The quantitative estimate of drug-likeness (QED) is 0.0437. The number of carbonyl (C=O) groups excluding carboxylic acids is 8. The average molecular weight is 1060 g/mol. The summed E-state index contributed by atoms with van der Waals surface area (Å²) >= 11 is 0. The van der Waals surface area contributed by atoms with Crippen LogP contribution in [0.15, 0.2) is 41.6 Å². The first-order valence-electron chi connectivity index (χ1n) is 25.4. The van der Waals surface area contributed by atoms with E-state index in [-0.39, 0.29) is 48.1 Å². The number of aromatic nitrogens is 1. The molecule has 0 aromatic carbocycles. The topological polar surface area (TPSA) is 219 Å². The molecule has 19 nitrogen and oxygen atoms in total. The van der Waals surface area contributed by atoms with Crippen LogP contribution < -0.4 is 10.6 Å². The van der Waals surface area contributed by atoms with E-state index in [1.54, 1.807) is 61.7 Å². The van der Waals surface area contributed by atoms with Gasteiger partial charge in [-0.05, 0) is 107 Å². The molecule has 1 saturated heterocycles. The minimum Gasteiger partial charge on any atom is -0.444 e. The molecule has 1 fully saturated rings. The van der Waals surface area contributed by atoms with Gasteiger partial charge in [-0.25, -0.2) is 14.6 Å². The molecule has 8 amide bonds. The van der Waals surface area contributed by atoms with Crippen molar-refractivity contribution in [3.8, 4) is 0 Å². The van der Waals surface area contributed by atoms with E-state index in [2.05, 4.69) is 15.6 Å². The number of aliphatic hydroxyl groups excluding tert-OH is 1. The molecule has 3 N–H and O–H groups in total.